The summed E-state index contributed by atoms with van der Waals surface area (Å²) in [6, 6.07) is 20.2. The molecule has 28 heavy (non-hydrogen) atoms. The minimum Gasteiger partial charge on any atom is -0.457 e. The van der Waals surface area contributed by atoms with Gasteiger partial charge in [-0.05, 0) is 36.8 Å². The van der Waals surface area contributed by atoms with Gasteiger partial charge in [0.15, 0.2) is 0 Å². The van der Waals surface area contributed by atoms with Crippen LogP contribution in [-0.2, 0) is 0 Å². The molecule has 0 saturated heterocycles. The Morgan fingerprint density at radius 1 is 1.07 bits per heavy atom. The van der Waals surface area contributed by atoms with Crippen LogP contribution in [0, 0.1) is 18.3 Å². The lowest BCUT2D eigenvalue weighted by Gasteiger charge is -2.25. The second kappa shape index (κ2) is 6.97. The maximum absolute atomic E-state index is 12.6. The molecule has 0 aliphatic carbocycles. The Bertz CT molecular complexity index is 1170. The van der Waals surface area contributed by atoms with Crippen molar-refractivity contribution in [2.24, 2.45) is 5.73 Å². The Kier molecular flexibility index (Phi) is 4.34. The van der Waals surface area contributed by atoms with E-state index in [-0.39, 0.29) is 17.0 Å². The van der Waals surface area contributed by atoms with E-state index in [1.54, 1.807) is 31.2 Å². The summed E-state index contributed by atoms with van der Waals surface area (Å²) in [6.07, 6.45) is 0. The number of nitriles is 1. The highest BCUT2D eigenvalue weighted by atomic mass is 16.5. The molecular weight excluding hydrogens is 356 g/mol. The van der Waals surface area contributed by atoms with Gasteiger partial charge in [-0.3, -0.25) is 0 Å². The summed E-state index contributed by atoms with van der Waals surface area (Å²) >= 11 is 0. The number of fused-ring (bicyclic) bond motifs is 1. The van der Waals surface area contributed by atoms with Crippen LogP contribution >= 0.6 is 0 Å². The third-order valence-corrected chi connectivity index (χ3v) is 4.43. The van der Waals surface area contributed by atoms with Gasteiger partial charge >= 0.3 is 5.63 Å². The molecular formula is C22H16N2O4. The minimum absolute atomic E-state index is 0.0284. The average molecular weight is 372 g/mol. The number of para-hydroxylation sites is 1. The molecule has 0 spiro atoms. The van der Waals surface area contributed by atoms with Gasteiger partial charge in [-0.2, -0.15) is 5.26 Å². The van der Waals surface area contributed by atoms with Gasteiger partial charge in [-0.15, -0.1) is 0 Å². The molecule has 0 radical (unpaired) electrons. The Morgan fingerprint density at radius 2 is 1.82 bits per heavy atom. The number of benzene rings is 2. The molecule has 1 aromatic heterocycles. The van der Waals surface area contributed by atoms with Crippen LogP contribution in [0.25, 0.3) is 0 Å². The van der Waals surface area contributed by atoms with Crippen LogP contribution in [0.1, 0.15) is 22.8 Å². The minimum atomic E-state index is -0.704. The van der Waals surface area contributed by atoms with E-state index in [2.05, 4.69) is 6.07 Å². The molecule has 1 aliphatic rings. The summed E-state index contributed by atoms with van der Waals surface area (Å²) in [4.78, 5) is 12.6. The topological polar surface area (TPSA) is 98.5 Å². The molecule has 2 N–H and O–H groups in total. The summed E-state index contributed by atoms with van der Waals surface area (Å²) in [5, 5.41) is 9.64. The first kappa shape index (κ1) is 17.4. The molecule has 6 heteroatoms. The van der Waals surface area contributed by atoms with Crippen LogP contribution in [-0.4, -0.2) is 0 Å². The molecule has 2 aromatic carbocycles. The lowest BCUT2D eigenvalue weighted by molar-refractivity contribution is 0.371. The number of ether oxygens (including phenoxy) is 2. The number of hydrogen-bond donors (Lipinski definition) is 1. The number of hydrogen-bond acceptors (Lipinski definition) is 6. The Labute approximate surface area is 161 Å². The zero-order chi connectivity index (χ0) is 19.7. The van der Waals surface area contributed by atoms with Crippen LogP contribution in [0.3, 0.4) is 0 Å². The predicted molar refractivity (Wildman–Crippen MR) is 102 cm³/mol. The van der Waals surface area contributed by atoms with E-state index >= 15 is 0 Å². The maximum Gasteiger partial charge on any atom is 0.343 e. The van der Waals surface area contributed by atoms with Crippen molar-refractivity contribution in [3.63, 3.8) is 0 Å². The fourth-order valence-corrected chi connectivity index (χ4v) is 3.23. The number of allylic oxidation sites excluding steroid dienone is 1. The van der Waals surface area contributed by atoms with Crippen molar-refractivity contribution in [1.82, 2.24) is 0 Å². The van der Waals surface area contributed by atoms with Crippen LogP contribution in [0.2, 0.25) is 0 Å². The molecule has 138 valence electrons. The van der Waals surface area contributed by atoms with Crippen molar-refractivity contribution in [2.45, 2.75) is 12.8 Å². The SMILES string of the molecule is Cc1cc2c(c(=O)o1)[C@@H](c1cccc(Oc3ccccc3)c1)C(C#N)=C(N)O2. The standard InChI is InChI=1S/C22H16N2O4/c1-13-10-18-20(22(25)26-13)19(17(12-23)21(24)28-18)14-6-5-9-16(11-14)27-15-7-3-2-4-8-15/h2-11,19H,24H2,1H3/t19-/m0/s1. The van der Waals surface area contributed by atoms with E-state index < -0.39 is 11.5 Å². The number of rotatable bonds is 3. The summed E-state index contributed by atoms with van der Waals surface area (Å²) in [5.74, 6) is 1.22. The molecule has 4 rings (SSSR count). The zero-order valence-electron chi connectivity index (χ0n) is 15.0. The van der Waals surface area contributed by atoms with Crippen molar-refractivity contribution in [3.8, 4) is 23.3 Å². The van der Waals surface area contributed by atoms with Crippen LogP contribution < -0.4 is 20.8 Å². The van der Waals surface area contributed by atoms with E-state index in [4.69, 9.17) is 19.6 Å². The van der Waals surface area contributed by atoms with E-state index in [0.717, 1.165) is 0 Å². The largest absolute Gasteiger partial charge is 0.457 e. The van der Waals surface area contributed by atoms with Crippen LogP contribution in [0.4, 0.5) is 0 Å². The quantitative estimate of drug-likeness (QED) is 0.747. The summed E-state index contributed by atoms with van der Waals surface area (Å²) in [5.41, 5.74) is 6.48. The number of nitrogens with zero attached hydrogens (tertiary/aromatic N) is 1. The van der Waals surface area contributed by atoms with Gasteiger partial charge in [0.1, 0.15) is 34.7 Å². The maximum atomic E-state index is 12.6. The van der Waals surface area contributed by atoms with Crippen molar-refractivity contribution in [3.05, 3.63) is 99.4 Å². The molecule has 3 aromatic rings. The third-order valence-electron chi connectivity index (χ3n) is 4.43. The summed E-state index contributed by atoms with van der Waals surface area (Å²) in [7, 11) is 0. The highest BCUT2D eigenvalue weighted by molar-refractivity contribution is 5.55. The Hall–Kier alpha value is -3.98. The first-order valence-corrected chi connectivity index (χ1v) is 8.62. The number of nitrogens with two attached hydrogens (primary N) is 1. The smallest absolute Gasteiger partial charge is 0.343 e. The van der Waals surface area contributed by atoms with Crippen molar-refractivity contribution in [2.75, 3.05) is 0 Å². The second-order valence-electron chi connectivity index (χ2n) is 6.33. The highest BCUT2D eigenvalue weighted by Gasteiger charge is 2.34. The fraction of sp³-hybridized carbons (Fsp3) is 0.0909. The molecule has 0 fully saturated rings. The molecule has 1 atom stereocenters. The molecule has 6 nitrogen and oxygen atoms in total. The van der Waals surface area contributed by atoms with Crippen molar-refractivity contribution < 1.29 is 13.9 Å². The van der Waals surface area contributed by atoms with Crippen LogP contribution in [0.15, 0.2) is 81.3 Å². The lowest BCUT2D eigenvalue weighted by atomic mass is 9.84. The molecule has 2 heterocycles. The second-order valence-corrected chi connectivity index (χ2v) is 6.33. The van der Waals surface area contributed by atoms with Crippen molar-refractivity contribution >= 4 is 0 Å². The monoisotopic (exact) mass is 372 g/mol. The van der Waals surface area contributed by atoms with E-state index in [9.17, 15) is 10.1 Å². The fourth-order valence-electron chi connectivity index (χ4n) is 3.23. The van der Waals surface area contributed by atoms with Gasteiger partial charge < -0.3 is 19.6 Å². The van der Waals surface area contributed by atoms with Gasteiger partial charge in [0.05, 0.1) is 11.5 Å². The zero-order valence-corrected chi connectivity index (χ0v) is 15.0. The first-order valence-electron chi connectivity index (χ1n) is 8.62. The average Bonchev–Trinajstić information content (AvgIpc) is 2.67. The Balaban J connectivity index is 1.83. The third kappa shape index (κ3) is 3.10. The van der Waals surface area contributed by atoms with Gasteiger partial charge in [0.25, 0.3) is 0 Å². The van der Waals surface area contributed by atoms with E-state index in [1.807, 2.05) is 36.4 Å². The van der Waals surface area contributed by atoms with Crippen molar-refractivity contribution in [1.29, 1.82) is 5.26 Å². The van der Waals surface area contributed by atoms with Gasteiger partial charge in [0, 0.05) is 6.07 Å². The number of aryl methyl sites for hydroxylation is 1. The van der Waals surface area contributed by atoms with Gasteiger partial charge in [0.2, 0.25) is 5.88 Å². The normalized spacial score (nSPS) is 15.4. The van der Waals surface area contributed by atoms with Gasteiger partial charge in [-0.1, -0.05) is 30.3 Å². The molecule has 0 amide bonds. The molecule has 0 saturated carbocycles. The summed E-state index contributed by atoms with van der Waals surface area (Å²) < 4.78 is 16.6. The molecule has 0 unspecified atom stereocenters. The summed E-state index contributed by atoms with van der Waals surface area (Å²) in [6.45, 7) is 1.65. The highest BCUT2D eigenvalue weighted by Crippen LogP contribution is 2.41. The predicted octanol–water partition coefficient (Wildman–Crippen LogP) is 3.96. The lowest BCUT2D eigenvalue weighted by Crippen LogP contribution is -2.26. The van der Waals surface area contributed by atoms with E-state index in [0.29, 0.717) is 28.6 Å². The van der Waals surface area contributed by atoms with E-state index in [1.165, 1.54) is 0 Å². The van der Waals surface area contributed by atoms with Gasteiger partial charge in [-0.25, -0.2) is 4.79 Å². The molecule has 1 aliphatic heterocycles. The molecule has 0 bridgehead atoms. The Morgan fingerprint density at radius 3 is 2.57 bits per heavy atom. The van der Waals surface area contributed by atoms with Crippen LogP contribution in [0.5, 0.6) is 17.2 Å². The first-order chi connectivity index (χ1) is 13.6.